The van der Waals surface area contributed by atoms with Gasteiger partial charge in [-0.2, -0.15) is 0 Å². The number of halogens is 1. The first-order valence-corrected chi connectivity index (χ1v) is 9.14. The number of hydrogen-bond donors (Lipinski definition) is 1. The molecule has 0 aliphatic carbocycles. The lowest BCUT2D eigenvalue weighted by Gasteiger charge is -2.37. The number of benzene rings is 1. The monoisotopic (exact) mass is 404 g/mol. The minimum Gasteiger partial charge on any atom is -0.444 e. The fraction of sp³-hybridized carbons (Fsp3) is 0.368. The Morgan fingerprint density at radius 2 is 1.84 bits per heavy atom. The van der Waals surface area contributed by atoms with E-state index in [1.165, 1.54) is 0 Å². The van der Waals surface area contributed by atoms with Crippen molar-refractivity contribution in [3.05, 3.63) is 58.5 Å². The first kappa shape index (κ1) is 17.7. The van der Waals surface area contributed by atoms with Crippen LogP contribution in [0.15, 0.2) is 51.6 Å². The normalized spacial score (nSPS) is 16.5. The van der Waals surface area contributed by atoms with Crippen molar-refractivity contribution in [2.75, 3.05) is 13.1 Å². The summed E-state index contributed by atoms with van der Waals surface area (Å²) >= 11 is 3.21. The fourth-order valence-corrected chi connectivity index (χ4v) is 3.31. The fourth-order valence-electron chi connectivity index (χ4n) is 3.01. The highest BCUT2D eigenvalue weighted by atomic mass is 79.9. The predicted molar refractivity (Wildman–Crippen MR) is 97.9 cm³/mol. The Labute approximate surface area is 155 Å². The van der Waals surface area contributed by atoms with Gasteiger partial charge in [-0.3, -0.25) is 9.59 Å². The van der Waals surface area contributed by atoms with Crippen molar-refractivity contribution in [1.82, 2.24) is 10.2 Å². The number of amides is 2. The second-order valence-corrected chi connectivity index (χ2v) is 7.41. The molecule has 1 aromatic heterocycles. The summed E-state index contributed by atoms with van der Waals surface area (Å²) in [7, 11) is 0. The molecule has 2 aromatic rings. The smallest absolute Gasteiger partial charge is 0.289 e. The highest BCUT2D eigenvalue weighted by Crippen LogP contribution is 2.32. The van der Waals surface area contributed by atoms with Crippen LogP contribution in [-0.2, 0) is 11.3 Å². The molecule has 0 unspecified atom stereocenters. The number of nitrogens with zero attached hydrogens (tertiary/aromatic N) is 1. The molecule has 25 heavy (non-hydrogen) atoms. The molecule has 0 saturated carbocycles. The summed E-state index contributed by atoms with van der Waals surface area (Å²) in [6.07, 6.45) is 1.28. The standard InChI is InChI=1S/C19H21BrN2O3/c1-19(18(24)21-13-14-5-3-2-4-6-14)9-11-22(12-10-19)17(23)15-7-8-16(20)25-15/h2-8H,9-13H2,1H3,(H,21,24). The summed E-state index contributed by atoms with van der Waals surface area (Å²) in [6.45, 7) is 3.59. The zero-order chi connectivity index (χ0) is 17.9. The van der Waals surface area contributed by atoms with Gasteiger partial charge in [0.05, 0.1) is 0 Å². The topological polar surface area (TPSA) is 62.6 Å². The summed E-state index contributed by atoms with van der Waals surface area (Å²) in [5, 5.41) is 3.02. The minimum atomic E-state index is -0.449. The van der Waals surface area contributed by atoms with E-state index >= 15 is 0 Å². The molecule has 1 fully saturated rings. The van der Waals surface area contributed by atoms with Gasteiger partial charge in [-0.05, 0) is 46.5 Å². The van der Waals surface area contributed by atoms with Gasteiger partial charge in [0.2, 0.25) is 5.91 Å². The van der Waals surface area contributed by atoms with Crippen LogP contribution < -0.4 is 5.32 Å². The maximum absolute atomic E-state index is 12.6. The van der Waals surface area contributed by atoms with Crippen LogP contribution in [0, 0.1) is 5.41 Å². The summed E-state index contributed by atoms with van der Waals surface area (Å²) in [5.74, 6) is 0.241. The Hall–Kier alpha value is -2.08. The third-order valence-corrected chi connectivity index (χ3v) is 5.21. The number of hydrogen-bond acceptors (Lipinski definition) is 3. The molecule has 1 aliphatic rings. The van der Waals surface area contributed by atoms with Crippen molar-refractivity contribution in [3.8, 4) is 0 Å². The number of piperidine rings is 1. The van der Waals surface area contributed by atoms with Crippen LogP contribution in [-0.4, -0.2) is 29.8 Å². The van der Waals surface area contributed by atoms with E-state index in [2.05, 4.69) is 21.2 Å². The molecule has 6 heteroatoms. The van der Waals surface area contributed by atoms with Crippen molar-refractivity contribution in [1.29, 1.82) is 0 Å². The van der Waals surface area contributed by atoms with E-state index in [1.54, 1.807) is 17.0 Å². The molecule has 2 amide bonds. The van der Waals surface area contributed by atoms with E-state index in [0.29, 0.717) is 42.9 Å². The molecular weight excluding hydrogens is 384 g/mol. The molecular formula is C19H21BrN2O3. The summed E-state index contributed by atoms with van der Waals surface area (Å²) in [6, 6.07) is 13.2. The Morgan fingerprint density at radius 3 is 2.44 bits per heavy atom. The highest BCUT2D eigenvalue weighted by molar-refractivity contribution is 9.10. The summed E-state index contributed by atoms with van der Waals surface area (Å²) in [4.78, 5) is 26.8. The lowest BCUT2D eigenvalue weighted by atomic mass is 9.79. The van der Waals surface area contributed by atoms with Gasteiger partial charge in [-0.15, -0.1) is 0 Å². The van der Waals surface area contributed by atoms with Gasteiger partial charge in [0.15, 0.2) is 10.4 Å². The van der Waals surface area contributed by atoms with E-state index in [9.17, 15) is 9.59 Å². The Kier molecular flexibility index (Phi) is 5.27. The Balaban J connectivity index is 1.54. The molecule has 2 heterocycles. The number of carbonyl (C=O) groups excluding carboxylic acids is 2. The van der Waals surface area contributed by atoms with Crippen LogP contribution in [0.4, 0.5) is 0 Å². The largest absolute Gasteiger partial charge is 0.444 e. The maximum Gasteiger partial charge on any atom is 0.289 e. The van der Waals surface area contributed by atoms with Gasteiger partial charge in [-0.1, -0.05) is 37.3 Å². The zero-order valence-corrected chi connectivity index (χ0v) is 15.7. The molecule has 1 aliphatic heterocycles. The number of nitrogens with one attached hydrogen (secondary N) is 1. The maximum atomic E-state index is 12.6. The van der Waals surface area contributed by atoms with Crippen molar-refractivity contribution < 1.29 is 14.0 Å². The Morgan fingerprint density at radius 1 is 1.16 bits per heavy atom. The third-order valence-electron chi connectivity index (χ3n) is 4.78. The third kappa shape index (κ3) is 4.12. The molecule has 0 bridgehead atoms. The lowest BCUT2D eigenvalue weighted by molar-refractivity contribution is -0.132. The first-order valence-electron chi connectivity index (χ1n) is 8.35. The average molecular weight is 405 g/mol. The van der Waals surface area contributed by atoms with E-state index in [1.807, 2.05) is 37.3 Å². The number of rotatable bonds is 4. The van der Waals surface area contributed by atoms with Gasteiger partial charge in [0.25, 0.3) is 5.91 Å². The van der Waals surface area contributed by atoms with Gasteiger partial charge in [0.1, 0.15) is 0 Å². The number of carbonyl (C=O) groups is 2. The minimum absolute atomic E-state index is 0.0456. The average Bonchev–Trinajstić information content (AvgIpc) is 3.07. The van der Waals surface area contributed by atoms with Crippen LogP contribution in [0.5, 0.6) is 0 Å². The predicted octanol–water partition coefficient (Wildman–Crippen LogP) is 3.60. The first-order chi connectivity index (χ1) is 12.0. The van der Waals surface area contributed by atoms with Crippen molar-refractivity contribution in [2.24, 2.45) is 5.41 Å². The van der Waals surface area contributed by atoms with E-state index in [-0.39, 0.29) is 11.8 Å². The molecule has 0 atom stereocenters. The van der Waals surface area contributed by atoms with E-state index in [0.717, 1.165) is 5.56 Å². The molecule has 3 rings (SSSR count). The van der Waals surface area contributed by atoms with Crippen molar-refractivity contribution >= 4 is 27.7 Å². The van der Waals surface area contributed by atoms with E-state index < -0.39 is 5.41 Å². The second kappa shape index (κ2) is 7.44. The van der Waals surface area contributed by atoms with Gasteiger partial charge >= 0.3 is 0 Å². The molecule has 0 radical (unpaired) electrons. The molecule has 1 saturated heterocycles. The van der Waals surface area contributed by atoms with Crippen molar-refractivity contribution in [3.63, 3.8) is 0 Å². The van der Waals surface area contributed by atoms with Crippen molar-refractivity contribution in [2.45, 2.75) is 26.3 Å². The van der Waals surface area contributed by atoms with Crippen LogP contribution in [0.1, 0.15) is 35.9 Å². The molecule has 5 nitrogen and oxygen atoms in total. The lowest BCUT2D eigenvalue weighted by Crippen LogP contribution is -2.48. The van der Waals surface area contributed by atoms with Gasteiger partial charge in [-0.25, -0.2) is 0 Å². The summed E-state index contributed by atoms with van der Waals surface area (Å²) < 4.78 is 5.87. The molecule has 1 N–H and O–H groups in total. The van der Waals surface area contributed by atoms with Crippen LogP contribution in [0.3, 0.4) is 0 Å². The number of likely N-dealkylation sites (tertiary alicyclic amines) is 1. The Bertz CT molecular complexity index is 749. The quantitative estimate of drug-likeness (QED) is 0.846. The highest BCUT2D eigenvalue weighted by Gasteiger charge is 2.38. The summed E-state index contributed by atoms with van der Waals surface area (Å²) in [5.41, 5.74) is 0.630. The SMILES string of the molecule is CC1(C(=O)NCc2ccccc2)CCN(C(=O)c2ccc(Br)o2)CC1. The zero-order valence-electron chi connectivity index (χ0n) is 14.1. The van der Waals surface area contributed by atoms with Gasteiger partial charge in [0, 0.05) is 25.0 Å². The van der Waals surface area contributed by atoms with Crippen LogP contribution in [0.2, 0.25) is 0 Å². The van der Waals surface area contributed by atoms with Gasteiger partial charge < -0.3 is 14.6 Å². The number of furan rings is 1. The molecule has 0 spiro atoms. The molecule has 1 aromatic carbocycles. The van der Waals surface area contributed by atoms with Crippen LogP contribution in [0.25, 0.3) is 0 Å². The van der Waals surface area contributed by atoms with E-state index in [4.69, 9.17) is 4.42 Å². The van der Waals surface area contributed by atoms with Crippen LogP contribution >= 0.6 is 15.9 Å². The second-order valence-electron chi connectivity index (χ2n) is 6.62. The molecule has 132 valence electrons.